The van der Waals surface area contributed by atoms with E-state index in [0.717, 1.165) is 50.2 Å². The van der Waals surface area contributed by atoms with Gasteiger partial charge in [-0.25, -0.2) is 8.42 Å². The van der Waals surface area contributed by atoms with Crippen molar-refractivity contribution in [2.75, 3.05) is 33.3 Å². The van der Waals surface area contributed by atoms with Gasteiger partial charge in [-0.1, -0.05) is 19.1 Å². The van der Waals surface area contributed by atoms with Crippen LogP contribution >= 0.6 is 0 Å². The zero-order chi connectivity index (χ0) is 22.4. The van der Waals surface area contributed by atoms with E-state index < -0.39 is 21.8 Å². The van der Waals surface area contributed by atoms with E-state index in [1.165, 1.54) is 11.4 Å². The van der Waals surface area contributed by atoms with Gasteiger partial charge in [-0.15, -0.1) is 0 Å². The molecule has 0 bridgehead atoms. The zero-order valence-corrected chi connectivity index (χ0v) is 18.3. The maximum Gasteiger partial charge on any atom is 0.416 e. The van der Waals surface area contributed by atoms with Crippen LogP contribution in [0.15, 0.2) is 41.3 Å². The van der Waals surface area contributed by atoms with Crippen molar-refractivity contribution < 1.29 is 26.7 Å². The van der Waals surface area contributed by atoms with Gasteiger partial charge in [-0.3, -0.25) is 4.90 Å². The predicted molar refractivity (Wildman–Crippen MR) is 110 cm³/mol. The molecule has 0 amide bonds. The molecule has 0 radical (unpaired) electrons. The Morgan fingerprint density at radius 2 is 1.73 bits per heavy atom. The minimum absolute atomic E-state index is 0.122. The minimum Gasteiger partial charge on any atom is -0.395 e. The molecule has 1 aliphatic rings. The molecule has 1 saturated carbocycles. The minimum atomic E-state index is -4.49. The SMILES string of the molecule is CCN(C/C=C/[C@H]1CC[C@H](N(C)S(=O)(=O)c2ccc(C(F)(F)F)cc2)CC1)CCO. The van der Waals surface area contributed by atoms with Crippen molar-refractivity contribution in [2.24, 2.45) is 5.92 Å². The zero-order valence-electron chi connectivity index (χ0n) is 17.5. The number of aliphatic hydroxyl groups excluding tert-OH is 1. The molecule has 0 unspecified atom stereocenters. The summed E-state index contributed by atoms with van der Waals surface area (Å²) in [4.78, 5) is 2.01. The van der Waals surface area contributed by atoms with Crippen molar-refractivity contribution in [3.8, 4) is 0 Å². The van der Waals surface area contributed by atoms with Crippen molar-refractivity contribution in [3.05, 3.63) is 42.0 Å². The number of rotatable bonds is 9. The van der Waals surface area contributed by atoms with E-state index in [2.05, 4.69) is 17.1 Å². The average molecular weight is 449 g/mol. The maximum atomic E-state index is 12.8. The summed E-state index contributed by atoms with van der Waals surface area (Å²) in [6.45, 7) is 4.46. The fraction of sp³-hybridized carbons (Fsp3) is 0.619. The number of sulfonamides is 1. The summed E-state index contributed by atoms with van der Waals surface area (Å²) >= 11 is 0. The molecule has 0 heterocycles. The lowest BCUT2D eigenvalue weighted by molar-refractivity contribution is -0.137. The standard InChI is InChI=1S/C21H31F3N2O3S/c1-3-26(15-16-27)14-4-5-17-6-10-19(11-7-17)25(2)30(28,29)20-12-8-18(9-13-20)21(22,23)24/h4-5,8-9,12-13,17,19,27H,3,6-7,10-11,14-16H2,1-2H3/b5-4+/t17-,19-. The van der Waals surface area contributed by atoms with Gasteiger partial charge < -0.3 is 5.11 Å². The molecule has 170 valence electrons. The Morgan fingerprint density at radius 1 is 1.13 bits per heavy atom. The third-order valence-electron chi connectivity index (χ3n) is 5.75. The van der Waals surface area contributed by atoms with Crippen LogP contribution in [0.4, 0.5) is 13.2 Å². The van der Waals surface area contributed by atoms with Gasteiger partial charge in [0.2, 0.25) is 10.0 Å². The Kier molecular flexibility index (Phi) is 8.90. The van der Waals surface area contributed by atoms with Crippen molar-refractivity contribution in [1.82, 2.24) is 9.21 Å². The van der Waals surface area contributed by atoms with Crippen LogP contribution in [0.3, 0.4) is 0 Å². The Morgan fingerprint density at radius 3 is 2.23 bits per heavy atom. The lowest BCUT2D eigenvalue weighted by Gasteiger charge is -2.33. The fourth-order valence-corrected chi connectivity index (χ4v) is 5.17. The van der Waals surface area contributed by atoms with Gasteiger partial charge in [0.05, 0.1) is 17.1 Å². The third kappa shape index (κ3) is 6.54. The number of hydrogen-bond acceptors (Lipinski definition) is 4. The molecule has 1 fully saturated rings. The van der Waals surface area contributed by atoms with Gasteiger partial charge >= 0.3 is 6.18 Å². The molecule has 2 rings (SSSR count). The molecule has 1 aliphatic carbocycles. The molecule has 1 aromatic carbocycles. The maximum absolute atomic E-state index is 12.8. The Bertz CT molecular complexity index is 787. The molecule has 1 N–H and O–H groups in total. The van der Waals surface area contributed by atoms with Crippen LogP contribution in [0.1, 0.15) is 38.2 Å². The first-order valence-corrected chi connectivity index (χ1v) is 11.7. The summed E-state index contributed by atoms with van der Waals surface area (Å²) in [5, 5.41) is 9.02. The van der Waals surface area contributed by atoms with E-state index in [1.54, 1.807) is 0 Å². The quantitative estimate of drug-likeness (QED) is 0.585. The third-order valence-corrected chi connectivity index (χ3v) is 7.67. The molecule has 0 spiro atoms. The molecule has 0 aromatic heterocycles. The summed E-state index contributed by atoms with van der Waals surface area (Å²) in [6.07, 6.45) is 2.92. The summed E-state index contributed by atoms with van der Waals surface area (Å²) in [5.74, 6) is 0.385. The highest BCUT2D eigenvalue weighted by atomic mass is 32.2. The van der Waals surface area contributed by atoms with Gasteiger partial charge in [0.15, 0.2) is 0 Å². The van der Waals surface area contributed by atoms with Gasteiger partial charge in [-0.05, 0) is 62.4 Å². The number of benzene rings is 1. The predicted octanol–water partition coefficient (Wildman–Crippen LogP) is 3.76. The topological polar surface area (TPSA) is 60.9 Å². The number of allylic oxidation sites excluding steroid dienone is 1. The van der Waals surface area contributed by atoms with Crippen LogP contribution in [0, 0.1) is 5.92 Å². The number of alkyl halides is 3. The Labute approximate surface area is 177 Å². The van der Waals surface area contributed by atoms with E-state index in [4.69, 9.17) is 5.11 Å². The fourth-order valence-electron chi connectivity index (χ4n) is 3.76. The molecular weight excluding hydrogens is 417 g/mol. The van der Waals surface area contributed by atoms with Crippen LogP contribution in [0.2, 0.25) is 0 Å². The first-order chi connectivity index (χ1) is 14.1. The smallest absolute Gasteiger partial charge is 0.395 e. The van der Waals surface area contributed by atoms with Gasteiger partial charge in [0, 0.05) is 26.2 Å². The average Bonchev–Trinajstić information content (AvgIpc) is 2.72. The number of likely N-dealkylation sites (N-methyl/N-ethyl adjacent to an activating group) is 1. The van der Waals surface area contributed by atoms with Crippen LogP contribution in [-0.2, 0) is 16.2 Å². The van der Waals surface area contributed by atoms with Crippen LogP contribution in [-0.4, -0.2) is 62.1 Å². The van der Waals surface area contributed by atoms with E-state index in [1.807, 2.05) is 6.92 Å². The molecule has 9 heteroatoms. The number of nitrogens with zero attached hydrogens (tertiary/aromatic N) is 2. The molecule has 0 saturated heterocycles. The molecule has 0 atom stereocenters. The second-order valence-corrected chi connectivity index (χ2v) is 9.65. The number of aliphatic hydroxyl groups is 1. The second-order valence-electron chi connectivity index (χ2n) is 7.66. The van der Waals surface area contributed by atoms with Gasteiger partial charge in [0.25, 0.3) is 0 Å². The van der Waals surface area contributed by atoms with Gasteiger partial charge in [0.1, 0.15) is 0 Å². The van der Waals surface area contributed by atoms with E-state index >= 15 is 0 Å². The number of hydrogen-bond donors (Lipinski definition) is 1. The van der Waals surface area contributed by atoms with Crippen LogP contribution in [0.5, 0.6) is 0 Å². The first-order valence-electron chi connectivity index (χ1n) is 10.2. The lowest BCUT2D eigenvalue weighted by atomic mass is 9.86. The normalized spacial score (nSPS) is 21.1. The van der Waals surface area contributed by atoms with Crippen molar-refractivity contribution in [3.63, 3.8) is 0 Å². The molecule has 5 nitrogen and oxygen atoms in total. The Balaban J connectivity index is 1.93. The second kappa shape index (κ2) is 10.7. The highest BCUT2D eigenvalue weighted by Crippen LogP contribution is 2.32. The molecule has 30 heavy (non-hydrogen) atoms. The molecule has 0 aliphatic heterocycles. The van der Waals surface area contributed by atoms with Crippen molar-refractivity contribution in [1.29, 1.82) is 0 Å². The van der Waals surface area contributed by atoms with Crippen molar-refractivity contribution in [2.45, 2.75) is 49.7 Å². The van der Waals surface area contributed by atoms with Crippen LogP contribution in [0.25, 0.3) is 0 Å². The summed E-state index contributed by atoms with van der Waals surface area (Å²) < 4.78 is 65.1. The monoisotopic (exact) mass is 448 g/mol. The summed E-state index contributed by atoms with van der Waals surface area (Å²) in [5.41, 5.74) is -0.864. The first kappa shape index (κ1) is 24.8. The summed E-state index contributed by atoms with van der Waals surface area (Å²) in [6, 6.07) is 3.49. The highest BCUT2D eigenvalue weighted by molar-refractivity contribution is 7.89. The Hall–Kier alpha value is -1.42. The van der Waals surface area contributed by atoms with E-state index in [9.17, 15) is 21.6 Å². The van der Waals surface area contributed by atoms with E-state index in [0.29, 0.717) is 25.3 Å². The largest absolute Gasteiger partial charge is 0.416 e. The van der Waals surface area contributed by atoms with Gasteiger partial charge in [-0.2, -0.15) is 17.5 Å². The van der Waals surface area contributed by atoms with Crippen LogP contribution < -0.4 is 0 Å². The summed E-state index contributed by atoms with van der Waals surface area (Å²) in [7, 11) is -2.34. The molecular formula is C21H31F3N2O3S. The lowest BCUT2D eigenvalue weighted by Crippen LogP contribution is -2.39. The molecule has 1 aromatic rings. The van der Waals surface area contributed by atoms with E-state index in [-0.39, 0.29) is 17.5 Å². The highest BCUT2D eigenvalue weighted by Gasteiger charge is 2.33. The number of halogens is 3. The van der Waals surface area contributed by atoms with Crippen molar-refractivity contribution >= 4 is 10.0 Å².